The number of morpholine rings is 1. The highest BCUT2D eigenvalue weighted by Gasteiger charge is 2.22. The monoisotopic (exact) mass is 381 g/mol. The first-order valence-corrected chi connectivity index (χ1v) is 11.1. The first kappa shape index (κ1) is 22.4. The van der Waals surface area contributed by atoms with Crippen LogP contribution in [0, 0.1) is 11.8 Å². The molecule has 2 rings (SSSR count). The molecule has 2 fully saturated rings. The van der Waals surface area contributed by atoms with Crippen molar-refractivity contribution in [1.29, 1.82) is 0 Å². The van der Waals surface area contributed by atoms with E-state index in [-0.39, 0.29) is 0 Å². The van der Waals surface area contributed by atoms with Crippen LogP contribution in [0.4, 0.5) is 0 Å². The van der Waals surface area contributed by atoms with Gasteiger partial charge in [-0.1, -0.05) is 27.2 Å². The number of piperidine rings is 1. The van der Waals surface area contributed by atoms with Crippen molar-refractivity contribution in [3.05, 3.63) is 0 Å². The number of guanidine groups is 1. The lowest BCUT2D eigenvalue weighted by atomic mass is 10.0. The standard InChI is InChI=1S/C21H43N5O/c1-18(2)14-20(26-10-12-27-13-11-26)16-24-21(22-4)23-15-19(3)17-25-8-6-5-7-9-25/h18-20H,5-17H2,1-4H3,(H2,22,23,24). The van der Waals surface area contributed by atoms with Crippen molar-refractivity contribution in [3.63, 3.8) is 0 Å². The van der Waals surface area contributed by atoms with E-state index in [4.69, 9.17) is 4.74 Å². The lowest BCUT2D eigenvalue weighted by Crippen LogP contribution is -2.51. The number of aliphatic imine (C=N–C) groups is 1. The lowest BCUT2D eigenvalue weighted by molar-refractivity contribution is 0.0132. The summed E-state index contributed by atoms with van der Waals surface area (Å²) in [5.74, 6) is 2.26. The molecule has 2 unspecified atom stereocenters. The highest BCUT2D eigenvalue weighted by Crippen LogP contribution is 2.13. The molecule has 0 amide bonds. The van der Waals surface area contributed by atoms with Gasteiger partial charge in [-0.25, -0.2) is 0 Å². The molecule has 27 heavy (non-hydrogen) atoms. The predicted octanol–water partition coefficient (Wildman–Crippen LogP) is 2.02. The second-order valence-electron chi connectivity index (χ2n) is 8.73. The normalized spacial score (nSPS) is 22.6. The second kappa shape index (κ2) is 12.6. The van der Waals surface area contributed by atoms with Gasteiger partial charge in [-0.05, 0) is 44.2 Å². The van der Waals surface area contributed by atoms with E-state index in [2.05, 4.69) is 46.2 Å². The largest absolute Gasteiger partial charge is 0.379 e. The summed E-state index contributed by atoms with van der Waals surface area (Å²) < 4.78 is 5.53. The van der Waals surface area contributed by atoms with E-state index in [9.17, 15) is 0 Å². The zero-order valence-corrected chi connectivity index (χ0v) is 18.2. The Morgan fingerprint density at radius 3 is 2.26 bits per heavy atom. The quantitative estimate of drug-likeness (QED) is 0.473. The van der Waals surface area contributed by atoms with Crippen molar-refractivity contribution >= 4 is 5.96 Å². The van der Waals surface area contributed by atoms with Crippen molar-refractivity contribution in [2.45, 2.75) is 52.5 Å². The molecule has 0 saturated carbocycles. The average molecular weight is 382 g/mol. The van der Waals surface area contributed by atoms with Crippen LogP contribution in [0.25, 0.3) is 0 Å². The zero-order valence-electron chi connectivity index (χ0n) is 18.2. The Hall–Kier alpha value is -0.850. The fourth-order valence-corrected chi connectivity index (χ4v) is 4.20. The van der Waals surface area contributed by atoms with Gasteiger partial charge in [0.1, 0.15) is 0 Å². The number of hydrogen-bond donors (Lipinski definition) is 2. The molecular weight excluding hydrogens is 338 g/mol. The summed E-state index contributed by atoms with van der Waals surface area (Å²) in [7, 11) is 1.87. The van der Waals surface area contributed by atoms with Gasteiger partial charge >= 0.3 is 0 Å². The van der Waals surface area contributed by atoms with Crippen LogP contribution in [0.2, 0.25) is 0 Å². The molecule has 6 nitrogen and oxygen atoms in total. The minimum atomic E-state index is 0.540. The van der Waals surface area contributed by atoms with Crippen LogP contribution in [-0.2, 0) is 4.74 Å². The van der Waals surface area contributed by atoms with Crippen LogP contribution in [-0.4, -0.2) is 87.9 Å². The molecule has 0 aromatic carbocycles. The number of ether oxygens (including phenoxy) is 1. The maximum Gasteiger partial charge on any atom is 0.191 e. The molecule has 0 aromatic rings. The van der Waals surface area contributed by atoms with Crippen molar-refractivity contribution < 1.29 is 4.74 Å². The van der Waals surface area contributed by atoms with Crippen molar-refractivity contribution in [1.82, 2.24) is 20.4 Å². The molecule has 2 aliphatic rings. The summed E-state index contributed by atoms with van der Waals surface area (Å²) >= 11 is 0. The first-order chi connectivity index (χ1) is 13.1. The summed E-state index contributed by atoms with van der Waals surface area (Å²) in [6, 6.07) is 0.540. The maximum absolute atomic E-state index is 5.53. The second-order valence-corrected chi connectivity index (χ2v) is 8.73. The third kappa shape index (κ3) is 8.79. The number of hydrogen-bond acceptors (Lipinski definition) is 4. The van der Waals surface area contributed by atoms with E-state index in [0.717, 1.165) is 45.4 Å². The Bertz CT molecular complexity index is 417. The Kier molecular flexibility index (Phi) is 10.5. The van der Waals surface area contributed by atoms with Crippen LogP contribution < -0.4 is 10.6 Å². The van der Waals surface area contributed by atoms with Gasteiger partial charge < -0.3 is 20.3 Å². The molecule has 0 spiro atoms. The number of nitrogens with zero attached hydrogens (tertiary/aromatic N) is 3. The smallest absolute Gasteiger partial charge is 0.191 e. The fourth-order valence-electron chi connectivity index (χ4n) is 4.20. The summed E-state index contributed by atoms with van der Waals surface area (Å²) in [6.45, 7) is 16.4. The topological polar surface area (TPSA) is 52.1 Å². The molecule has 0 aromatic heterocycles. The van der Waals surface area contributed by atoms with Gasteiger partial charge in [0.15, 0.2) is 5.96 Å². The predicted molar refractivity (Wildman–Crippen MR) is 114 cm³/mol. The zero-order chi connectivity index (χ0) is 19.5. The molecule has 2 heterocycles. The van der Waals surface area contributed by atoms with E-state index in [1.807, 2.05) is 7.05 Å². The summed E-state index contributed by atoms with van der Waals surface area (Å²) in [4.78, 5) is 9.63. The van der Waals surface area contributed by atoms with Gasteiger partial charge in [0.05, 0.1) is 13.2 Å². The fraction of sp³-hybridized carbons (Fsp3) is 0.952. The van der Waals surface area contributed by atoms with Crippen molar-refractivity contribution in [2.24, 2.45) is 16.8 Å². The molecule has 0 bridgehead atoms. The minimum absolute atomic E-state index is 0.540. The summed E-state index contributed by atoms with van der Waals surface area (Å²) in [5, 5.41) is 7.11. The highest BCUT2D eigenvalue weighted by molar-refractivity contribution is 5.79. The van der Waals surface area contributed by atoms with Crippen molar-refractivity contribution in [2.75, 3.05) is 66.1 Å². The number of likely N-dealkylation sites (tertiary alicyclic amines) is 1. The molecule has 2 aliphatic heterocycles. The molecule has 2 saturated heterocycles. The third-order valence-electron chi connectivity index (χ3n) is 5.67. The highest BCUT2D eigenvalue weighted by atomic mass is 16.5. The van der Waals surface area contributed by atoms with Gasteiger partial charge in [-0.2, -0.15) is 0 Å². The van der Waals surface area contributed by atoms with Crippen molar-refractivity contribution in [3.8, 4) is 0 Å². The van der Waals surface area contributed by atoms with Gasteiger partial charge in [0.2, 0.25) is 0 Å². The first-order valence-electron chi connectivity index (χ1n) is 11.1. The van der Waals surface area contributed by atoms with E-state index in [1.54, 1.807) is 0 Å². The number of nitrogens with one attached hydrogen (secondary N) is 2. The molecule has 2 N–H and O–H groups in total. The number of rotatable bonds is 9. The average Bonchev–Trinajstić information content (AvgIpc) is 2.68. The molecule has 2 atom stereocenters. The summed E-state index contributed by atoms with van der Waals surface area (Å²) in [5.41, 5.74) is 0. The summed E-state index contributed by atoms with van der Waals surface area (Å²) in [6.07, 6.45) is 5.33. The third-order valence-corrected chi connectivity index (χ3v) is 5.67. The van der Waals surface area contributed by atoms with Gasteiger partial charge in [0, 0.05) is 45.8 Å². The van der Waals surface area contributed by atoms with Gasteiger partial charge in [0.25, 0.3) is 0 Å². The van der Waals surface area contributed by atoms with E-state index < -0.39 is 0 Å². The Balaban J connectivity index is 1.73. The van der Waals surface area contributed by atoms with Crippen LogP contribution in [0.3, 0.4) is 0 Å². The molecule has 0 aliphatic carbocycles. The molecule has 158 valence electrons. The Morgan fingerprint density at radius 1 is 0.963 bits per heavy atom. The molecule has 6 heteroatoms. The van der Waals surface area contributed by atoms with Crippen LogP contribution in [0.15, 0.2) is 4.99 Å². The van der Waals surface area contributed by atoms with Crippen LogP contribution >= 0.6 is 0 Å². The minimum Gasteiger partial charge on any atom is -0.379 e. The molecular formula is C21H43N5O. The van der Waals surface area contributed by atoms with E-state index in [1.165, 1.54) is 45.3 Å². The molecule has 0 radical (unpaired) electrons. The maximum atomic E-state index is 5.53. The van der Waals surface area contributed by atoms with E-state index in [0.29, 0.717) is 17.9 Å². The van der Waals surface area contributed by atoms with Gasteiger partial charge in [-0.3, -0.25) is 9.89 Å². The van der Waals surface area contributed by atoms with Gasteiger partial charge in [-0.15, -0.1) is 0 Å². The SMILES string of the molecule is CN=C(NCC(C)CN1CCCCC1)NCC(CC(C)C)N1CCOCC1. The van der Waals surface area contributed by atoms with Crippen LogP contribution in [0.1, 0.15) is 46.5 Å². The Labute approximate surface area is 167 Å². The van der Waals surface area contributed by atoms with E-state index >= 15 is 0 Å². The van der Waals surface area contributed by atoms with Crippen LogP contribution in [0.5, 0.6) is 0 Å². The lowest BCUT2D eigenvalue weighted by Gasteiger charge is -2.36. The Morgan fingerprint density at radius 2 is 1.63 bits per heavy atom.